The van der Waals surface area contributed by atoms with Gasteiger partial charge in [0.05, 0.1) is 0 Å². The molecule has 0 bridgehead atoms. The van der Waals surface area contributed by atoms with Gasteiger partial charge in [0.15, 0.2) is 0 Å². The van der Waals surface area contributed by atoms with Crippen LogP contribution in [-0.4, -0.2) is 19.8 Å². The Labute approximate surface area is 175 Å². The largest absolute Gasteiger partial charge is 0.516 e. The number of hydrogen-bond acceptors (Lipinski definition) is 3. The number of unbranched alkanes of at least 4 members (excludes halogenated alkanes) is 16. The molecule has 8 heteroatoms. The molecule has 0 aliphatic heterocycles. The van der Waals surface area contributed by atoms with Gasteiger partial charge in [-0.25, -0.2) is 4.72 Å². The predicted molar refractivity (Wildman–Crippen MR) is 112 cm³/mol. The number of amides is 1. The van der Waals surface area contributed by atoms with Crippen LogP contribution in [0.4, 0.5) is 13.2 Å². The number of carbonyl (C=O) groups excluding carboxylic acids is 1. The second-order valence-electron chi connectivity index (χ2n) is 7.88. The van der Waals surface area contributed by atoms with Crippen LogP contribution in [0.1, 0.15) is 122 Å². The average molecular weight is 444 g/mol. The topological polar surface area (TPSA) is 63.2 Å². The average Bonchev–Trinajstić information content (AvgIpc) is 2.63. The van der Waals surface area contributed by atoms with Gasteiger partial charge in [-0.3, -0.25) is 4.79 Å². The third-order valence-corrected chi connectivity index (χ3v) is 6.17. The van der Waals surface area contributed by atoms with E-state index >= 15 is 0 Å². The lowest BCUT2D eigenvalue weighted by Crippen LogP contribution is -2.40. The highest BCUT2D eigenvalue weighted by Crippen LogP contribution is 2.21. The summed E-state index contributed by atoms with van der Waals surface area (Å²) in [7, 11) is -5.57. The fourth-order valence-corrected chi connectivity index (χ4v) is 3.79. The molecule has 4 nitrogen and oxygen atoms in total. The maximum atomic E-state index is 12.1. The van der Waals surface area contributed by atoms with E-state index in [1.54, 1.807) is 0 Å². The summed E-state index contributed by atoms with van der Waals surface area (Å²) in [6.45, 7) is 2.24. The highest BCUT2D eigenvalue weighted by atomic mass is 32.2. The molecule has 0 saturated carbocycles. The van der Waals surface area contributed by atoms with Gasteiger partial charge in [0.2, 0.25) is 5.91 Å². The van der Waals surface area contributed by atoms with Crippen LogP contribution in [0.3, 0.4) is 0 Å². The highest BCUT2D eigenvalue weighted by molar-refractivity contribution is 7.90. The van der Waals surface area contributed by atoms with E-state index in [0.717, 1.165) is 30.4 Å². The van der Waals surface area contributed by atoms with Crippen molar-refractivity contribution in [2.24, 2.45) is 0 Å². The lowest BCUT2D eigenvalue weighted by atomic mass is 10.0. The maximum absolute atomic E-state index is 12.1. The second-order valence-corrected chi connectivity index (χ2v) is 9.56. The van der Waals surface area contributed by atoms with Crippen molar-refractivity contribution in [1.82, 2.24) is 4.72 Å². The molecule has 174 valence electrons. The van der Waals surface area contributed by atoms with Gasteiger partial charge in [0.1, 0.15) is 0 Å². The van der Waals surface area contributed by atoms with E-state index in [2.05, 4.69) is 6.92 Å². The number of alkyl halides is 3. The van der Waals surface area contributed by atoms with Crippen LogP contribution in [0.5, 0.6) is 0 Å². The molecule has 0 rings (SSSR count). The van der Waals surface area contributed by atoms with Crippen LogP contribution >= 0.6 is 0 Å². The second kappa shape index (κ2) is 16.9. The molecule has 0 saturated heterocycles. The van der Waals surface area contributed by atoms with Crippen LogP contribution in [-0.2, 0) is 14.8 Å². The SMILES string of the molecule is CCCCCCCCCCCCCCCCCCCC(=O)NS(=O)(=O)C(F)(F)F. The van der Waals surface area contributed by atoms with E-state index in [0.29, 0.717) is 6.42 Å². The highest BCUT2D eigenvalue weighted by Gasteiger charge is 2.46. The Balaban J connectivity index is 3.35. The van der Waals surface area contributed by atoms with Crippen molar-refractivity contribution in [3.8, 4) is 0 Å². The molecule has 0 radical (unpaired) electrons. The van der Waals surface area contributed by atoms with E-state index in [1.807, 2.05) is 0 Å². The summed E-state index contributed by atoms with van der Waals surface area (Å²) < 4.78 is 59.0. The number of nitrogens with one attached hydrogen (secondary N) is 1. The van der Waals surface area contributed by atoms with Crippen molar-refractivity contribution in [3.05, 3.63) is 0 Å². The molecule has 0 aromatic carbocycles. The minimum absolute atomic E-state index is 0.200. The van der Waals surface area contributed by atoms with Crippen LogP contribution < -0.4 is 4.72 Å². The van der Waals surface area contributed by atoms with Gasteiger partial charge in [0.25, 0.3) is 0 Å². The molecule has 1 N–H and O–H groups in total. The Morgan fingerprint density at radius 1 is 0.655 bits per heavy atom. The molecule has 29 heavy (non-hydrogen) atoms. The summed E-state index contributed by atoms with van der Waals surface area (Å²) >= 11 is 0. The first-order chi connectivity index (χ1) is 13.7. The van der Waals surface area contributed by atoms with Crippen molar-refractivity contribution in [1.29, 1.82) is 0 Å². The lowest BCUT2D eigenvalue weighted by molar-refractivity contribution is -0.120. The summed E-state index contributed by atoms with van der Waals surface area (Å²) in [5.41, 5.74) is -5.45. The Kier molecular flexibility index (Phi) is 16.5. The Bertz CT molecular complexity index is 508. The normalized spacial score (nSPS) is 12.3. The smallest absolute Gasteiger partial charge is 0.274 e. The van der Waals surface area contributed by atoms with Crippen LogP contribution in [0, 0.1) is 0 Å². The van der Waals surface area contributed by atoms with E-state index in [1.165, 1.54) is 77.0 Å². The monoisotopic (exact) mass is 443 g/mol. The fourth-order valence-electron chi connectivity index (χ4n) is 3.27. The summed E-state index contributed by atoms with van der Waals surface area (Å²) in [5.74, 6) is -1.09. The van der Waals surface area contributed by atoms with Crippen molar-refractivity contribution < 1.29 is 26.4 Å². The third kappa shape index (κ3) is 16.7. The Morgan fingerprint density at radius 3 is 1.28 bits per heavy atom. The molecule has 0 fully saturated rings. The molecule has 0 aliphatic rings. The van der Waals surface area contributed by atoms with E-state index in [9.17, 15) is 26.4 Å². The number of rotatable bonds is 19. The Morgan fingerprint density at radius 2 is 0.966 bits per heavy atom. The van der Waals surface area contributed by atoms with Gasteiger partial charge >= 0.3 is 15.5 Å². The van der Waals surface area contributed by atoms with Gasteiger partial charge in [0, 0.05) is 6.42 Å². The predicted octanol–water partition coefficient (Wildman–Crippen LogP) is 6.99. The molecular formula is C21H40F3NO3S. The number of halogens is 3. The van der Waals surface area contributed by atoms with Crippen molar-refractivity contribution in [3.63, 3.8) is 0 Å². The first-order valence-corrected chi connectivity index (χ1v) is 12.8. The van der Waals surface area contributed by atoms with Crippen LogP contribution in [0.15, 0.2) is 0 Å². The molecule has 0 aromatic rings. The van der Waals surface area contributed by atoms with Gasteiger partial charge in [-0.2, -0.15) is 21.6 Å². The molecule has 0 aliphatic carbocycles. The minimum Gasteiger partial charge on any atom is -0.274 e. The first kappa shape index (κ1) is 28.2. The van der Waals surface area contributed by atoms with Crippen LogP contribution in [0.25, 0.3) is 0 Å². The van der Waals surface area contributed by atoms with E-state index < -0.39 is 21.4 Å². The van der Waals surface area contributed by atoms with Gasteiger partial charge in [-0.1, -0.05) is 110 Å². The standard InChI is InChI=1S/C21H40F3NO3S/c1-2-3-4-5-6-7-8-9-10-11-12-13-14-15-16-17-18-19-20(26)25-29(27,28)21(22,23)24/h2-19H2,1H3,(H,25,26). The lowest BCUT2D eigenvalue weighted by Gasteiger charge is -2.09. The molecule has 0 atom stereocenters. The quantitative estimate of drug-likeness (QED) is 0.219. The van der Waals surface area contributed by atoms with E-state index in [4.69, 9.17) is 0 Å². The third-order valence-electron chi connectivity index (χ3n) is 5.06. The molecule has 1 amide bonds. The first-order valence-electron chi connectivity index (χ1n) is 11.3. The van der Waals surface area contributed by atoms with Gasteiger partial charge < -0.3 is 0 Å². The summed E-state index contributed by atoms with van der Waals surface area (Å²) in [6.07, 6.45) is 19.9. The molecule has 0 spiro atoms. The molecule has 0 unspecified atom stereocenters. The van der Waals surface area contributed by atoms with Crippen molar-refractivity contribution in [2.45, 2.75) is 128 Å². The van der Waals surface area contributed by atoms with E-state index in [-0.39, 0.29) is 6.42 Å². The van der Waals surface area contributed by atoms with Gasteiger partial charge in [-0.05, 0) is 6.42 Å². The Hall–Kier alpha value is -0.790. The molecule has 0 aromatic heterocycles. The number of sulfonamides is 1. The summed E-state index contributed by atoms with van der Waals surface area (Å²) in [6, 6.07) is 0. The van der Waals surface area contributed by atoms with Crippen molar-refractivity contribution in [2.75, 3.05) is 0 Å². The molecular weight excluding hydrogens is 403 g/mol. The fraction of sp³-hybridized carbons (Fsp3) is 0.952. The number of carbonyl (C=O) groups is 1. The summed E-state index contributed by atoms with van der Waals surface area (Å²) in [5, 5.41) is 0. The zero-order chi connectivity index (χ0) is 22.0. The van der Waals surface area contributed by atoms with Crippen LogP contribution in [0.2, 0.25) is 0 Å². The zero-order valence-electron chi connectivity index (χ0n) is 18.0. The number of hydrogen-bond donors (Lipinski definition) is 1. The van der Waals surface area contributed by atoms with Gasteiger partial charge in [-0.15, -0.1) is 0 Å². The minimum atomic E-state index is -5.57. The summed E-state index contributed by atoms with van der Waals surface area (Å²) in [4.78, 5) is 11.3. The zero-order valence-corrected chi connectivity index (χ0v) is 18.8. The molecule has 0 heterocycles. The van der Waals surface area contributed by atoms with Crippen molar-refractivity contribution >= 4 is 15.9 Å². The maximum Gasteiger partial charge on any atom is 0.516 e.